The minimum atomic E-state index is -3.68. The first-order valence-corrected chi connectivity index (χ1v) is 7.37. The Labute approximate surface area is 114 Å². The van der Waals surface area contributed by atoms with Crippen LogP contribution in [0.1, 0.15) is 26.3 Å². The molecule has 0 saturated carbocycles. The van der Waals surface area contributed by atoms with Gasteiger partial charge < -0.3 is 4.74 Å². The first-order valence-electron chi connectivity index (χ1n) is 5.88. The van der Waals surface area contributed by atoms with Crippen LogP contribution in [0.15, 0.2) is 29.2 Å². The molecule has 0 radical (unpaired) electrons. The number of hydrogen-bond acceptors (Lipinski definition) is 4. The summed E-state index contributed by atoms with van der Waals surface area (Å²) in [5, 5.41) is 0. The van der Waals surface area contributed by atoms with Gasteiger partial charge in [-0.05, 0) is 39.8 Å². The van der Waals surface area contributed by atoms with Crippen LogP contribution in [0.4, 0.5) is 0 Å². The highest BCUT2D eigenvalue weighted by molar-refractivity contribution is 7.89. The van der Waals surface area contributed by atoms with Gasteiger partial charge in [0.1, 0.15) is 12.1 Å². The second-order valence-electron chi connectivity index (χ2n) is 5.22. The maximum Gasteiger partial charge on any atom is 0.321 e. The molecular formula is C13H19NO4S. The molecule has 19 heavy (non-hydrogen) atoms. The lowest BCUT2D eigenvalue weighted by molar-refractivity contribution is -0.153. The molecule has 106 valence electrons. The van der Waals surface area contributed by atoms with E-state index in [1.54, 1.807) is 32.9 Å². The predicted octanol–water partition coefficient (Wildman–Crippen LogP) is 1.62. The minimum absolute atomic E-state index is 0.127. The standard InChI is InChI=1S/C13H19NO4S/c1-10-5-7-11(8-6-10)19(16,17)14-9-12(15)18-13(2,3)4/h5-8,14H,9H2,1-4H3. The van der Waals surface area contributed by atoms with Gasteiger partial charge in [-0.15, -0.1) is 0 Å². The molecule has 1 rings (SSSR count). The number of benzene rings is 1. The third kappa shape index (κ3) is 5.40. The highest BCUT2D eigenvalue weighted by Crippen LogP contribution is 2.10. The minimum Gasteiger partial charge on any atom is -0.459 e. The first kappa shape index (κ1) is 15.7. The summed E-state index contributed by atoms with van der Waals surface area (Å²) in [6.45, 7) is 6.65. The van der Waals surface area contributed by atoms with Gasteiger partial charge in [0.2, 0.25) is 10.0 Å². The summed E-state index contributed by atoms with van der Waals surface area (Å²) in [4.78, 5) is 11.6. The van der Waals surface area contributed by atoms with E-state index >= 15 is 0 Å². The van der Waals surface area contributed by atoms with E-state index in [0.717, 1.165) is 5.56 Å². The second-order valence-corrected chi connectivity index (χ2v) is 6.99. The SMILES string of the molecule is Cc1ccc(S(=O)(=O)NCC(=O)OC(C)(C)C)cc1. The van der Waals surface area contributed by atoms with E-state index < -0.39 is 21.6 Å². The number of esters is 1. The van der Waals surface area contributed by atoms with Crippen molar-refractivity contribution in [2.75, 3.05) is 6.54 Å². The lowest BCUT2D eigenvalue weighted by Crippen LogP contribution is -2.34. The number of sulfonamides is 1. The van der Waals surface area contributed by atoms with Crippen LogP contribution in [0.5, 0.6) is 0 Å². The van der Waals surface area contributed by atoms with Gasteiger partial charge in [-0.2, -0.15) is 4.72 Å². The van der Waals surface area contributed by atoms with Gasteiger partial charge in [-0.1, -0.05) is 17.7 Å². The second kappa shape index (κ2) is 5.71. The monoisotopic (exact) mass is 285 g/mol. The molecule has 1 aromatic carbocycles. The van der Waals surface area contributed by atoms with Crippen LogP contribution >= 0.6 is 0 Å². The Balaban J connectivity index is 2.66. The number of carbonyl (C=O) groups excluding carboxylic acids is 1. The van der Waals surface area contributed by atoms with Gasteiger partial charge in [0, 0.05) is 0 Å². The summed E-state index contributed by atoms with van der Waals surface area (Å²) in [7, 11) is -3.68. The quantitative estimate of drug-likeness (QED) is 0.853. The lowest BCUT2D eigenvalue weighted by atomic mass is 10.2. The number of nitrogens with one attached hydrogen (secondary N) is 1. The molecule has 0 unspecified atom stereocenters. The fourth-order valence-electron chi connectivity index (χ4n) is 1.33. The number of rotatable bonds is 4. The molecule has 1 N–H and O–H groups in total. The van der Waals surface area contributed by atoms with Crippen LogP contribution in [-0.4, -0.2) is 26.5 Å². The smallest absolute Gasteiger partial charge is 0.321 e. The zero-order valence-corrected chi connectivity index (χ0v) is 12.4. The van der Waals surface area contributed by atoms with E-state index in [-0.39, 0.29) is 11.4 Å². The molecule has 0 aliphatic carbocycles. The molecule has 0 aromatic heterocycles. The van der Waals surface area contributed by atoms with E-state index in [2.05, 4.69) is 4.72 Å². The molecular weight excluding hydrogens is 266 g/mol. The van der Waals surface area contributed by atoms with Gasteiger partial charge in [0.15, 0.2) is 0 Å². The summed E-state index contributed by atoms with van der Waals surface area (Å²) in [6.07, 6.45) is 0. The Kier molecular flexibility index (Phi) is 4.70. The summed E-state index contributed by atoms with van der Waals surface area (Å²) >= 11 is 0. The number of carbonyl (C=O) groups is 1. The third-order valence-corrected chi connectivity index (χ3v) is 3.57. The zero-order valence-electron chi connectivity index (χ0n) is 11.6. The molecule has 0 fully saturated rings. The van der Waals surface area contributed by atoms with Crippen LogP contribution in [-0.2, 0) is 19.6 Å². The van der Waals surface area contributed by atoms with Crippen LogP contribution in [0.25, 0.3) is 0 Å². The zero-order chi connectivity index (χ0) is 14.7. The largest absolute Gasteiger partial charge is 0.459 e. The fraction of sp³-hybridized carbons (Fsp3) is 0.462. The average Bonchev–Trinajstić information content (AvgIpc) is 2.25. The molecule has 0 saturated heterocycles. The van der Waals surface area contributed by atoms with E-state index in [1.165, 1.54) is 12.1 Å². The average molecular weight is 285 g/mol. The molecule has 0 spiro atoms. The molecule has 1 aromatic rings. The molecule has 5 nitrogen and oxygen atoms in total. The molecule has 6 heteroatoms. The molecule has 0 aliphatic rings. The van der Waals surface area contributed by atoms with Crippen molar-refractivity contribution in [3.05, 3.63) is 29.8 Å². The molecule has 0 bridgehead atoms. The van der Waals surface area contributed by atoms with Crippen molar-refractivity contribution in [1.82, 2.24) is 4.72 Å². The summed E-state index contributed by atoms with van der Waals surface area (Å²) < 4.78 is 31.0. The van der Waals surface area contributed by atoms with Crippen LogP contribution in [0, 0.1) is 6.92 Å². The van der Waals surface area contributed by atoms with Gasteiger partial charge >= 0.3 is 5.97 Å². The Hall–Kier alpha value is -1.40. The lowest BCUT2D eigenvalue weighted by Gasteiger charge is -2.19. The van der Waals surface area contributed by atoms with E-state index in [4.69, 9.17) is 4.74 Å². The summed E-state index contributed by atoms with van der Waals surface area (Å²) in [6, 6.07) is 6.38. The highest BCUT2D eigenvalue weighted by atomic mass is 32.2. The maximum atomic E-state index is 11.9. The maximum absolute atomic E-state index is 11.9. The van der Waals surface area contributed by atoms with Gasteiger partial charge in [0.05, 0.1) is 4.90 Å². The van der Waals surface area contributed by atoms with Crippen molar-refractivity contribution in [1.29, 1.82) is 0 Å². The Morgan fingerprint density at radius 1 is 1.21 bits per heavy atom. The fourth-order valence-corrected chi connectivity index (χ4v) is 2.30. The topological polar surface area (TPSA) is 72.5 Å². The van der Waals surface area contributed by atoms with E-state index in [1.807, 2.05) is 6.92 Å². The summed E-state index contributed by atoms with van der Waals surface area (Å²) in [5.74, 6) is -0.608. The van der Waals surface area contributed by atoms with Crippen LogP contribution in [0.3, 0.4) is 0 Å². The Morgan fingerprint density at radius 3 is 2.21 bits per heavy atom. The molecule has 0 heterocycles. The molecule has 0 amide bonds. The Bertz CT molecular complexity index is 541. The summed E-state index contributed by atoms with van der Waals surface area (Å²) in [5.41, 5.74) is 0.331. The number of aryl methyl sites for hydroxylation is 1. The third-order valence-electron chi connectivity index (χ3n) is 2.16. The number of hydrogen-bond donors (Lipinski definition) is 1. The van der Waals surface area contributed by atoms with Crippen molar-refractivity contribution >= 4 is 16.0 Å². The Morgan fingerprint density at radius 2 is 1.74 bits per heavy atom. The van der Waals surface area contributed by atoms with Gasteiger partial charge in [-0.25, -0.2) is 8.42 Å². The van der Waals surface area contributed by atoms with E-state index in [9.17, 15) is 13.2 Å². The van der Waals surface area contributed by atoms with Crippen molar-refractivity contribution in [3.8, 4) is 0 Å². The highest BCUT2D eigenvalue weighted by Gasteiger charge is 2.19. The normalized spacial score (nSPS) is 12.2. The van der Waals surface area contributed by atoms with Crippen LogP contribution < -0.4 is 4.72 Å². The van der Waals surface area contributed by atoms with Crippen molar-refractivity contribution in [3.63, 3.8) is 0 Å². The predicted molar refractivity (Wildman–Crippen MR) is 72.2 cm³/mol. The molecule has 0 atom stereocenters. The van der Waals surface area contributed by atoms with E-state index in [0.29, 0.717) is 0 Å². The van der Waals surface area contributed by atoms with Crippen LogP contribution in [0.2, 0.25) is 0 Å². The van der Waals surface area contributed by atoms with Gasteiger partial charge in [0.25, 0.3) is 0 Å². The first-order chi connectivity index (χ1) is 8.60. The number of ether oxygens (including phenoxy) is 1. The van der Waals surface area contributed by atoms with Crippen molar-refractivity contribution in [2.24, 2.45) is 0 Å². The van der Waals surface area contributed by atoms with Gasteiger partial charge in [-0.3, -0.25) is 4.79 Å². The van der Waals surface area contributed by atoms with Crippen molar-refractivity contribution < 1.29 is 17.9 Å². The molecule has 0 aliphatic heterocycles. The van der Waals surface area contributed by atoms with Crippen molar-refractivity contribution in [2.45, 2.75) is 38.2 Å².